The minimum Gasteiger partial charge on any atom is -0.448 e. The maximum absolute atomic E-state index is 11.0. The molecule has 94 valence electrons. The summed E-state index contributed by atoms with van der Waals surface area (Å²) in [5, 5.41) is 0. The number of aryl methyl sites for hydroxylation is 3. The molecule has 0 atom stereocenters. The zero-order valence-corrected chi connectivity index (χ0v) is 10.8. The van der Waals surface area contributed by atoms with Gasteiger partial charge in [0.25, 0.3) is 0 Å². The normalized spacial score (nSPS) is 10.1. The second kappa shape index (κ2) is 6.25. The van der Waals surface area contributed by atoms with Crippen LogP contribution in [0.4, 0.5) is 4.79 Å². The molecular formula is C13H19NO3. The fourth-order valence-corrected chi connectivity index (χ4v) is 1.77. The van der Waals surface area contributed by atoms with Gasteiger partial charge in [-0.2, -0.15) is 5.48 Å². The minimum atomic E-state index is -0.560. The molecule has 4 heteroatoms. The van der Waals surface area contributed by atoms with E-state index in [1.54, 1.807) is 6.92 Å². The predicted molar refractivity (Wildman–Crippen MR) is 65.6 cm³/mol. The molecule has 1 aromatic carbocycles. The van der Waals surface area contributed by atoms with E-state index >= 15 is 0 Å². The van der Waals surface area contributed by atoms with E-state index in [1.165, 1.54) is 5.56 Å². The highest BCUT2D eigenvalue weighted by molar-refractivity contribution is 5.65. The third-order valence-electron chi connectivity index (χ3n) is 2.49. The Bertz CT molecular complexity index is 379. The largest absolute Gasteiger partial charge is 0.448 e. The third kappa shape index (κ3) is 4.07. The van der Waals surface area contributed by atoms with Crippen LogP contribution in [0.25, 0.3) is 0 Å². The molecule has 1 amide bonds. The highest BCUT2D eigenvalue weighted by Gasteiger charge is 2.05. The van der Waals surface area contributed by atoms with Crippen LogP contribution < -0.4 is 5.48 Å². The number of carbonyl (C=O) groups excluding carboxylic acids is 1. The molecule has 1 N–H and O–H groups in total. The summed E-state index contributed by atoms with van der Waals surface area (Å²) in [5.41, 5.74) is 6.87. The van der Waals surface area contributed by atoms with Crippen molar-refractivity contribution in [2.75, 3.05) is 6.61 Å². The van der Waals surface area contributed by atoms with E-state index in [0.717, 1.165) is 16.7 Å². The molecule has 17 heavy (non-hydrogen) atoms. The molecule has 0 radical (unpaired) electrons. The Morgan fingerprint density at radius 3 is 2.35 bits per heavy atom. The Kier molecular flexibility index (Phi) is 4.97. The van der Waals surface area contributed by atoms with Crippen molar-refractivity contribution >= 4 is 6.09 Å². The number of hydroxylamine groups is 1. The fourth-order valence-electron chi connectivity index (χ4n) is 1.77. The van der Waals surface area contributed by atoms with E-state index in [0.29, 0.717) is 13.2 Å². The van der Waals surface area contributed by atoms with E-state index < -0.39 is 6.09 Å². The van der Waals surface area contributed by atoms with Crippen LogP contribution in [0.5, 0.6) is 0 Å². The monoisotopic (exact) mass is 237 g/mol. The number of ether oxygens (including phenoxy) is 1. The van der Waals surface area contributed by atoms with Gasteiger partial charge in [-0.1, -0.05) is 17.7 Å². The molecule has 0 spiro atoms. The second-order valence-corrected chi connectivity index (χ2v) is 3.99. The third-order valence-corrected chi connectivity index (χ3v) is 2.49. The van der Waals surface area contributed by atoms with Gasteiger partial charge < -0.3 is 4.74 Å². The lowest BCUT2D eigenvalue weighted by molar-refractivity contribution is 0.0195. The van der Waals surface area contributed by atoms with Crippen LogP contribution in [0.2, 0.25) is 0 Å². The molecule has 4 nitrogen and oxygen atoms in total. The van der Waals surface area contributed by atoms with Crippen LogP contribution in [0, 0.1) is 20.8 Å². The van der Waals surface area contributed by atoms with Crippen LogP contribution in [0.3, 0.4) is 0 Å². The van der Waals surface area contributed by atoms with Gasteiger partial charge in [0, 0.05) is 0 Å². The number of amides is 1. The number of carbonyl (C=O) groups is 1. The fraction of sp³-hybridized carbons (Fsp3) is 0.462. The smallest absolute Gasteiger partial charge is 0.431 e. The van der Waals surface area contributed by atoms with Crippen molar-refractivity contribution in [2.45, 2.75) is 34.3 Å². The number of benzene rings is 1. The number of nitrogens with one attached hydrogen (secondary N) is 1. The summed E-state index contributed by atoms with van der Waals surface area (Å²) < 4.78 is 4.68. The van der Waals surface area contributed by atoms with Gasteiger partial charge in [-0.3, -0.25) is 4.84 Å². The lowest BCUT2D eigenvalue weighted by atomic mass is 10.0. The average Bonchev–Trinajstić information content (AvgIpc) is 2.22. The first-order valence-corrected chi connectivity index (χ1v) is 5.66. The first-order chi connectivity index (χ1) is 8.04. The Balaban J connectivity index is 2.55. The standard InChI is InChI=1S/C13H19NO3/c1-5-16-13(15)14-17-8-12-10(3)6-9(2)7-11(12)4/h6-7H,5,8H2,1-4H3,(H,14,15). The van der Waals surface area contributed by atoms with E-state index in [4.69, 9.17) is 4.84 Å². The van der Waals surface area contributed by atoms with Crippen molar-refractivity contribution < 1.29 is 14.4 Å². The van der Waals surface area contributed by atoms with Crippen molar-refractivity contribution in [1.82, 2.24) is 5.48 Å². The van der Waals surface area contributed by atoms with Gasteiger partial charge in [0.05, 0.1) is 6.61 Å². The molecule has 0 unspecified atom stereocenters. The number of hydrogen-bond donors (Lipinski definition) is 1. The number of hydrogen-bond acceptors (Lipinski definition) is 3. The summed E-state index contributed by atoms with van der Waals surface area (Å²) in [6.07, 6.45) is -0.560. The van der Waals surface area contributed by atoms with Gasteiger partial charge in [-0.15, -0.1) is 0 Å². The predicted octanol–water partition coefficient (Wildman–Crippen LogP) is 2.79. The molecule has 0 fully saturated rings. The molecule has 0 saturated carbocycles. The maximum Gasteiger partial charge on any atom is 0.431 e. The van der Waals surface area contributed by atoms with Crippen molar-refractivity contribution in [3.05, 3.63) is 34.4 Å². The Labute approximate surface area is 102 Å². The molecule has 0 aliphatic heterocycles. The van der Waals surface area contributed by atoms with Crippen LogP contribution >= 0.6 is 0 Å². The topological polar surface area (TPSA) is 47.6 Å². The summed E-state index contributed by atoms with van der Waals surface area (Å²) in [6, 6.07) is 4.19. The molecular weight excluding hydrogens is 218 g/mol. The average molecular weight is 237 g/mol. The highest BCUT2D eigenvalue weighted by atomic mass is 16.7. The first kappa shape index (κ1) is 13.5. The first-order valence-electron chi connectivity index (χ1n) is 5.66. The quantitative estimate of drug-likeness (QED) is 0.819. The van der Waals surface area contributed by atoms with Crippen molar-refractivity contribution in [2.24, 2.45) is 0 Å². The minimum absolute atomic E-state index is 0.331. The zero-order chi connectivity index (χ0) is 12.8. The Morgan fingerprint density at radius 1 is 1.24 bits per heavy atom. The summed E-state index contributed by atoms with van der Waals surface area (Å²) in [4.78, 5) is 16.1. The van der Waals surface area contributed by atoms with Crippen molar-refractivity contribution in [3.8, 4) is 0 Å². The molecule has 0 aromatic heterocycles. The van der Waals surface area contributed by atoms with E-state index in [2.05, 4.69) is 29.3 Å². The number of rotatable bonds is 4. The molecule has 0 aliphatic rings. The Morgan fingerprint density at radius 2 is 1.82 bits per heavy atom. The summed E-state index contributed by atoms with van der Waals surface area (Å²) >= 11 is 0. The molecule has 0 aliphatic carbocycles. The zero-order valence-electron chi connectivity index (χ0n) is 10.8. The van der Waals surface area contributed by atoms with Gasteiger partial charge in [0.1, 0.15) is 6.61 Å². The second-order valence-electron chi connectivity index (χ2n) is 3.99. The van der Waals surface area contributed by atoms with Gasteiger partial charge >= 0.3 is 6.09 Å². The van der Waals surface area contributed by atoms with Crippen molar-refractivity contribution in [3.63, 3.8) is 0 Å². The van der Waals surface area contributed by atoms with Gasteiger partial charge in [-0.05, 0) is 44.4 Å². The summed E-state index contributed by atoms with van der Waals surface area (Å²) in [7, 11) is 0. The summed E-state index contributed by atoms with van der Waals surface area (Å²) in [6.45, 7) is 8.54. The van der Waals surface area contributed by atoms with Crippen LogP contribution in [-0.2, 0) is 16.2 Å². The molecule has 1 rings (SSSR count). The lowest BCUT2D eigenvalue weighted by Gasteiger charge is -2.11. The SMILES string of the molecule is CCOC(=O)NOCc1c(C)cc(C)cc1C. The van der Waals surface area contributed by atoms with Gasteiger partial charge in [0.15, 0.2) is 0 Å². The molecule has 0 saturated heterocycles. The van der Waals surface area contributed by atoms with Gasteiger partial charge in [0.2, 0.25) is 0 Å². The molecule has 1 aromatic rings. The van der Waals surface area contributed by atoms with Crippen LogP contribution in [-0.4, -0.2) is 12.7 Å². The van der Waals surface area contributed by atoms with Crippen LogP contribution in [0.15, 0.2) is 12.1 Å². The van der Waals surface area contributed by atoms with E-state index in [-0.39, 0.29) is 0 Å². The van der Waals surface area contributed by atoms with Crippen molar-refractivity contribution in [1.29, 1.82) is 0 Å². The lowest BCUT2D eigenvalue weighted by Crippen LogP contribution is -2.24. The van der Waals surface area contributed by atoms with E-state index in [9.17, 15) is 4.79 Å². The molecule has 0 heterocycles. The highest BCUT2D eigenvalue weighted by Crippen LogP contribution is 2.16. The summed E-state index contributed by atoms with van der Waals surface area (Å²) in [5.74, 6) is 0. The maximum atomic E-state index is 11.0. The van der Waals surface area contributed by atoms with Gasteiger partial charge in [-0.25, -0.2) is 4.79 Å². The Hall–Kier alpha value is -1.55. The molecule has 0 bridgehead atoms. The van der Waals surface area contributed by atoms with Crippen LogP contribution in [0.1, 0.15) is 29.2 Å². The van der Waals surface area contributed by atoms with E-state index in [1.807, 2.05) is 13.8 Å².